The summed E-state index contributed by atoms with van der Waals surface area (Å²) in [5.41, 5.74) is 4.44. The zero-order chi connectivity index (χ0) is 15.7. The first-order valence-corrected chi connectivity index (χ1v) is 7.22. The molecule has 0 saturated carbocycles. The monoisotopic (exact) mass is 299 g/mol. The number of hydrogen-bond acceptors (Lipinski definition) is 4. The van der Waals surface area contributed by atoms with Crippen molar-refractivity contribution in [3.8, 4) is 0 Å². The molecule has 0 aliphatic carbocycles. The van der Waals surface area contributed by atoms with Gasteiger partial charge < -0.3 is 14.8 Å². The van der Waals surface area contributed by atoms with Gasteiger partial charge in [-0.05, 0) is 30.2 Å². The number of carbonyl (C=O) groups excluding carboxylic acids is 1. The SMILES string of the molecule is Cc1ccc2c(c1)NCC2c1coc(C(=O)CCC(=O)O)c1. The average Bonchev–Trinajstić information content (AvgIpc) is 3.10. The van der Waals surface area contributed by atoms with Gasteiger partial charge in [0.2, 0.25) is 0 Å². The standard InChI is InChI=1S/C17H17NO4/c1-10-2-3-12-13(8-18-14(12)6-10)11-7-16(22-9-11)15(19)4-5-17(20)21/h2-3,6-7,9,13,18H,4-5,8H2,1H3,(H,20,21). The van der Waals surface area contributed by atoms with Gasteiger partial charge in [-0.2, -0.15) is 0 Å². The number of ketones is 1. The van der Waals surface area contributed by atoms with Gasteiger partial charge in [-0.15, -0.1) is 0 Å². The van der Waals surface area contributed by atoms with E-state index in [2.05, 4.69) is 23.5 Å². The number of nitrogens with one attached hydrogen (secondary N) is 1. The molecule has 1 aliphatic heterocycles. The first-order valence-electron chi connectivity index (χ1n) is 7.22. The second kappa shape index (κ2) is 5.67. The van der Waals surface area contributed by atoms with E-state index in [1.54, 1.807) is 12.3 Å². The summed E-state index contributed by atoms with van der Waals surface area (Å²) in [6.07, 6.45) is 1.37. The Balaban J connectivity index is 1.78. The molecule has 5 heteroatoms. The lowest BCUT2D eigenvalue weighted by molar-refractivity contribution is -0.136. The minimum Gasteiger partial charge on any atom is -0.481 e. The van der Waals surface area contributed by atoms with Crippen LogP contribution in [-0.4, -0.2) is 23.4 Å². The highest BCUT2D eigenvalue weighted by Crippen LogP contribution is 2.37. The van der Waals surface area contributed by atoms with Crippen LogP contribution in [0.5, 0.6) is 0 Å². The van der Waals surface area contributed by atoms with Gasteiger partial charge in [0.25, 0.3) is 0 Å². The third kappa shape index (κ3) is 2.74. The maximum atomic E-state index is 11.9. The molecule has 1 atom stereocenters. The summed E-state index contributed by atoms with van der Waals surface area (Å²) >= 11 is 0. The van der Waals surface area contributed by atoms with Crippen LogP contribution in [0.4, 0.5) is 5.69 Å². The van der Waals surface area contributed by atoms with Crippen molar-refractivity contribution in [3.63, 3.8) is 0 Å². The number of furan rings is 1. The van der Waals surface area contributed by atoms with E-state index >= 15 is 0 Å². The minimum atomic E-state index is -0.982. The Morgan fingerprint density at radius 2 is 2.14 bits per heavy atom. The van der Waals surface area contributed by atoms with Crippen LogP contribution in [0.2, 0.25) is 0 Å². The molecule has 0 fully saturated rings. The summed E-state index contributed by atoms with van der Waals surface area (Å²) in [4.78, 5) is 22.4. The van der Waals surface area contributed by atoms with E-state index in [-0.39, 0.29) is 30.3 Å². The van der Waals surface area contributed by atoms with Crippen LogP contribution in [0.1, 0.15) is 46.0 Å². The molecule has 114 valence electrons. The molecule has 0 radical (unpaired) electrons. The first-order chi connectivity index (χ1) is 10.5. The van der Waals surface area contributed by atoms with Crippen molar-refractivity contribution in [3.05, 3.63) is 53.0 Å². The Bertz CT molecular complexity index is 732. The van der Waals surface area contributed by atoms with Gasteiger partial charge in [0.15, 0.2) is 11.5 Å². The molecule has 2 N–H and O–H groups in total. The number of anilines is 1. The second-order valence-corrected chi connectivity index (χ2v) is 5.59. The molecule has 3 rings (SSSR count). The molecule has 1 aromatic heterocycles. The summed E-state index contributed by atoms with van der Waals surface area (Å²) < 4.78 is 5.34. The maximum absolute atomic E-state index is 11.9. The number of aliphatic carboxylic acids is 1. The van der Waals surface area contributed by atoms with Crippen molar-refractivity contribution in [2.24, 2.45) is 0 Å². The van der Waals surface area contributed by atoms with E-state index < -0.39 is 5.97 Å². The molecule has 1 aliphatic rings. The molecular formula is C17H17NO4. The van der Waals surface area contributed by atoms with Gasteiger partial charge in [0.1, 0.15) is 0 Å². The number of benzene rings is 1. The largest absolute Gasteiger partial charge is 0.481 e. The molecule has 5 nitrogen and oxygen atoms in total. The van der Waals surface area contributed by atoms with Crippen molar-refractivity contribution in [1.29, 1.82) is 0 Å². The summed E-state index contributed by atoms with van der Waals surface area (Å²) in [5, 5.41) is 12.0. The third-order valence-electron chi connectivity index (χ3n) is 3.94. The highest BCUT2D eigenvalue weighted by Gasteiger charge is 2.26. The summed E-state index contributed by atoms with van der Waals surface area (Å²) in [7, 11) is 0. The number of carbonyl (C=O) groups is 2. The number of hydrogen-bond donors (Lipinski definition) is 2. The normalized spacial score (nSPS) is 16.1. The van der Waals surface area contributed by atoms with Crippen LogP contribution in [-0.2, 0) is 4.79 Å². The van der Waals surface area contributed by atoms with Crippen LogP contribution in [0.15, 0.2) is 34.9 Å². The molecule has 0 spiro atoms. The molecule has 2 heterocycles. The summed E-state index contributed by atoms with van der Waals surface area (Å²) in [5.74, 6) is -0.870. The Kier molecular flexibility index (Phi) is 3.71. The van der Waals surface area contributed by atoms with Crippen molar-refractivity contribution in [1.82, 2.24) is 0 Å². The van der Waals surface area contributed by atoms with Crippen molar-refractivity contribution in [2.75, 3.05) is 11.9 Å². The van der Waals surface area contributed by atoms with Crippen LogP contribution in [0.25, 0.3) is 0 Å². The fourth-order valence-corrected chi connectivity index (χ4v) is 2.77. The van der Waals surface area contributed by atoms with Crippen molar-refractivity contribution in [2.45, 2.75) is 25.7 Å². The molecule has 22 heavy (non-hydrogen) atoms. The first kappa shape index (κ1) is 14.4. The number of carboxylic acids is 1. The zero-order valence-corrected chi connectivity index (χ0v) is 12.3. The smallest absolute Gasteiger partial charge is 0.303 e. The van der Waals surface area contributed by atoms with E-state index in [0.717, 1.165) is 17.8 Å². The van der Waals surface area contributed by atoms with Gasteiger partial charge >= 0.3 is 5.97 Å². The highest BCUT2D eigenvalue weighted by molar-refractivity contribution is 5.95. The quantitative estimate of drug-likeness (QED) is 0.829. The van der Waals surface area contributed by atoms with E-state index in [1.165, 1.54) is 11.1 Å². The lowest BCUT2D eigenvalue weighted by atomic mass is 9.94. The predicted octanol–water partition coefficient (Wildman–Crippen LogP) is 3.19. The third-order valence-corrected chi connectivity index (χ3v) is 3.94. The van der Waals surface area contributed by atoms with Gasteiger partial charge in [-0.3, -0.25) is 9.59 Å². The van der Waals surface area contributed by atoms with Crippen molar-refractivity contribution >= 4 is 17.4 Å². The number of Topliss-reactive ketones (excluding diaryl/α,β-unsaturated/α-hetero) is 1. The summed E-state index contributed by atoms with van der Waals surface area (Å²) in [6, 6.07) is 7.99. The van der Waals surface area contributed by atoms with E-state index in [1.807, 2.05) is 6.92 Å². The Morgan fingerprint density at radius 3 is 2.91 bits per heavy atom. The van der Waals surface area contributed by atoms with Crippen molar-refractivity contribution < 1.29 is 19.1 Å². The molecule has 0 saturated heterocycles. The molecule has 1 aromatic carbocycles. The van der Waals surface area contributed by atoms with E-state index in [9.17, 15) is 9.59 Å². The van der Waals surface area contributed by atoms with Gasteiger partial charge in [-0.1, -0.05) is 12.1 Å². The lowest BCUT2D eigenvalue weighted by Gasteiger charge is -2.07. The number of rotatable bonds is 5. The summed E-state index contributed by atoms with van der Waals surface area (Å²) in [6.45, 7) is 2.81. The van der Waals surface area contributed by atoms with Crippen LogP contribution in [0.3, 0.4) is 0 Å². The Morgan fingerprint density at radius 1 is 1.32 bits per heavy atom. The molecular weight excluding hydrogens is 282 g/mol. The molecule has 1 unspecified atom stereocenters. The van der Waals surface area contributed by atoms with Gasteiger partial charge in [0.05, 0.1) is 12.7 Å². The number of carboxylic acid groups (broad SMARTS) is 1. The number of fused-ring (bicyclic) bond motifs is 1. The maximum Gasteiger partial charge on any atom is 0.303 e. The van der Waals surface area contributed by atoms with E-state index in [4.69, 9.17) is 9.52 Å². The molecule has 2 aromatic rings. The van der Waals surface area contributed by atoms with Gasteiger partial charge in [-0.25, -0.2) is 0 Å². The fourth-order valence-electron chi connectivity index (χ4n) is 2.77. The van der Waals surface area contributed by atoms with Crippen LogP contribution >= 0.6 is 0 Å². The number of aryl methyl sites for hydroxylation is 1. The zero-order valence-electron chi connectivity index (χ0n) is 12.3. The Hall–Kier alpha value is -2.56. The van der Waals surface area contributed by atoms with Crippen LogP contribution in [0, 0.1) is 6.92 Å². The second-order valence-electron chi connectivity index (χ2n) is 5.59. The fraction of sp³-hybridized carbons (Fsp3) is 0.294. The van der Waals surface area contributed by atoms with Crippen LogP contribution < -0.4 is 5.32 Å². The minimum absolute atomic E-state index is 0.0407. The van der Waals surface area contributed by atoms with Gasteiger partial charge in [0, 0.05) is 30.1 Å². The highest BCUT2D eigenvalue weighted by atomic mass is 16.4. The molecule has 0 bridgehead atoms. The Labute approximate surface area is 127 Å². The predicted molar refractivity (Wildman–Crippen MR) is 81.4 cm³/mol. The topological polar surface area (TPSA) is 79.5 Å². The average molecular weight is 299 g/mol. The van der Waals surface area contributed by atoms with E-state index in [0.29, 0.717) is 0 Å². The lowest BCUT2D eigenvalue weighted by Crippen LogP contribution is -2.04. The molecule has 0 amide bonds.